The molecule has 1 saturated heterocycles. The normalized spacial score (nSPS) is 15.7. The summed E-state index contributed by atoms with van der Waals surface area (Å²) in [6.45, 7) is 1.92. The van der Waals surface area contributed by atoms with Crippen LogP contribution in [0.2, 0.25) is 0 Å². The fourth-order valence-electron chi connectivity index (χ4n) is 3.62. The third kappa shape index (κ3) is 5.61. The highest BCUT2D eigenvalue weighted by molar-refractivity contribution is 7.89. The van der Waals surface area contributed by atoms with Crippen LogP contribution in [0.4, 0.5) is 5.13 Å². The molecule has 1 aliphatic heterocycles. The van der Waals surface area contributed by atoms with E-state index in [1.165, 1.54) is 5.56 Å². The van der Waals surface area contributed by atoms with Gasteiger partial charge in [0, 0.05) is 30.6 Å². The first kappa shape index (κ1) is 21.7. The van der Waals surface area contributed by atoms with Crippen molar-refractivity contribution < 1.29 is 8.42 Å². The molecule has 0 amide bonds. The Balaban J connectivity index is 1.38. The molecule has 1 fully saturated rings. The number of rotatable bonds is 7. The molecule has 2 heterocycles. The molecule has 31 heavy (non-hydrogen) atoms. The van der Waals surface area contributed by atoms with Crippen LogP contribution in [0.5, 0.6) is 0 Å². The zero-order chi connectivity index (χ0) is 21.5. The zero-order valence-corrected chi connectivity index (χ0v) is 19.0. The summed E-state index contributed by atoms with van der Waals surface area (Å²) in [6.07, 6.45) is 8.23. The number of nitrogens with zero attached hydrogens (tertiary/aromatic N) is 2. The van der Waals surface area contributed by atoms with Crippen molar-refractivity contribution in [3.63, 3.8) is 0 Å². The summed E-state index contributed by atoms with van der Waals surface area (Å²) in [5.41, 5.74) is 2.93. The van der Waals surface area contributed by atoms with Gasteiger partial charge in [0.2, 0.25) is 10.0 Å². The largest absolute Gasteiger partial charge is 0.358 e. The summed E-state index contributed by atoms with van der Waals surface area (Å²) >= 11 is 1.54. The van der Waals surface area contributed by atoms with Crippen molar-refractivity contribution in [2.45, 2.75) is 30.6 Å². The van der Waals surface area contributed by atoms with Crippen LogP contribution in [0, 0.1) is 0 Å². The van der Waals surface area contributed by atoms with Gasteiger partial charge >= 0.3 is 0 Å². The number of nitrogens with one attached hydrogen (secondary N) is 1. The quantitative estimate of drug-likeness (QED) is 0.513. The number of sulfonamides is 1. The highest BCUT2D eigenvalue weighted by Crippen LogP contribution is 2.27. The summed E-state index contributed by atoms with van der Waals surface area (Å²) in [4.78, 5) is 4.99. The van der Waals surface area contributed by atoms with E-state index in [4.69, 9.17) is 0 Å². The number of hydrogen-bond acceptors (Lipinski definition) is 5. The van der Waals surface area contributed by atoms with Crippen LogP contribution in [0.3, 0.4) is 0 Å². The summed E-state index contributed by atoms with van der Waals surface area (Å²) in [5.74, 6) is 0. The second-order valence-electron chi connectivity index (χ2n) is 7.57. The van der Waals surface area contributed by atoms with Gasteiger partial charge in [-0.3, -0.25) is 0 Å². The topological polar surface area (TPSA) is 62.3 Å². The Hall–Kier alpha value is -2.48. The molecule has 4 rings (SSSR count). The Morgan fingerprint density at radius 1 is 0.968 bits per heavy atom. The highest BCUT2D eigenvalue weighted by Gasteiger charge is 2.25. The van der Waals surface area contributed by atoms with E-state index >= 15 is 0 Å². The van der Waals surface area contributed by atoms with E-state index in [0.717, 1.165) is 42.1 Å². The standard InChI is InChI=1S/C24H27N3O2S2/c28-31(29,27-17-6-1-2-7-18-27)22-14-12-21(13-15-22)23-19-30-24(26-23)25-16-8-11-20-9-4-3-5-10-20/h3-5,8-15,19H,1-2,6-7,16-18H2,(H,25,26)/b11-8+. The van der Waals surface area contributed by atoms with Gasteiger partial charge in [0.15, 0.2) is 5.13 Å². The SMILES string of the molecule is O=S(=O)(c1ccc(-c2csc(NC/C=C/c3ccccc3)n2)cc1)N1CCCCCC1. The third-order valence-electron chi connectivity index (χ3n) is 5.34. The summed E-state index contributed by atoms with van der Waals surface area (Å²) in [7, 11) is -3.42. The van der Waals surface area contributed by atoms with E-state index in [2.05, 4.69) is 34.6 Å². The van der Waals surface area contributed by atoms with Crippen LogP contribution in [-0.2, 0) is 10.0 Å². The molecular formula is C24H27N3O2S2. The molecule has 0 saturated carbocycles. The van der Waals surface area contributed by atoms with Crippen LogP contribution in [0.25, 0.3) is 17.3 Å². The van der Waals surface area contributed by atoms with Crippen molar-refractivity contribution in [3.05, 3.63) is 71.6 Å². The number of benzene rings is 2. The van der Waals surface area contributed by atoms with Crippen LogP contribution in [0.15, 0.2) is 70.9 Å². The molecule has 7 heteroatoms. The molecule has 0 spiro atoms. The second kappa shape index (κ2) is 10.2. The van der Waals surface area contributed by atoms with Crippen molar-refractivity contribution in [2.75, 3.05) is 25.0 Å². The zero-order valence-electron chi connectivity index (χ0n) is 17.4. The molecule has 162 valence electrons. The molecule has 0 radical (unpaired) electrons. The Labute approximate surface area is 188 Å². The molecule has 0 bridgehead atoms. The van der Waals surface area contributed by atoms with Crippen LogP contribution < -0.4 is 5.32 Å². The van der Waals surface area contributed by atoms with Crippen LogP contribution in [-0.4, -0.2) is 37.3 Å². The second-order valence-corrected chi connectivity index (χ2v) is 10.4. The predicted molar refractivity (Wildman–Crippen MR) is 129 cm³/mol. The lowest BCUT2D eigenvalue weighted by atomic mass is 10.2. The van der Waals surface area contributed by atoms with Crippen LogP contribution >= 0.6 is 11.3 Å². The van der Waals surface area contributed by atoms with E-state index < -0.39 is 10.0 Å². The van der Waals surface area contributed by atoms with E-state index in [0.29, 0.717) is 24.5 Å². The maximum absolute atomic E-state index is 12.9. The van der Waals surface area contributed by atoms with Gasteiger partial charge in [0.1, 0.15) is 0 Å². The summed E-state index contributed by atoms with van der Waals surface area (Å²) < 4.78 is 27.5. The molecule has 0 unspecified atom stereocenters. The van der Waals surface area contributed by atoms with Crippen molar-refractivity contribution in [1.82, 2.24) is 9.29 Å². The Kier molecular flexibility index (Phi) is 7.17. The Morgan fingerprint density at radius 2 is 1.68 bits per heavy atom. The van der Waals surface area contributed by atoms with Crippen molar-refractivity contribution in [3.8, 4) is 11.3 Å². The van der Waals surface area contributed by atoms with Crippen molar-refractivity contribution in [1.29, 1.82) is 0 Å². The lowest BCUT2D eigenvalue weighted by molar-refractivity contribution is 0.424. The highest BCUT2D eigenvalue weighted by atomic mass is 32.2. The molecule has 5 nitrogen and oxygen atoms in total. The minimum Gasteiger partial charge on any atom is -0.358 e. The molecular weight excluding hydrogens is 426 g/mol. The molecule has 2 aromatic carbocycles. The minimum atomic E-state index is -3.42. The first-order valence-electron chi connectivity index (χ1n) is 10.6. The molecule has 1 aromatic heterocycles. The average molecular weight is 454 g/mol. The number of anilines is 1. The van der Waals surface area contributed by atoms with Gasteiger partial charge in [-0.15, -0.1) is 11.3 Å². The number of aromatic nitrogens is 1. The lowest BCUT2D eigenvalue weighted by Crippen LogP contribution is -2.31. The van der Waals surface area contributed by atoms with Crippen molar-refractivity contribution in [2.24, 2.45) is 0 Å². The van der Waals surface area contributed by atoms with Gasteiger partial charge in [-0.2, -0.15) is 4.31 Å². The first-order valence-corrected chi connectivity index (χ1v) is 13.0. The number of thiazole rings is 1. The fourth-order valence-corrected chi connectivity index (χ4v) is 5.87. The molecule has 0 aliphatic carbocycles. The van der Waals surface area contributed by atoms with Gasteiger partial charge in [0.25, 0.3) is 0 Å². The predicted octanol–water partition coefficient (Wildman–Crippen LogP) is 5.50. The molecule has 3 aromatic rings. The number of hydrogen-bond donors (Lipinski definition) is 1. The van der Waals surface area contributed by atoms with Gasteiger partial charge in [0.05, 0.1) is 10.6 Å². The average Bonchev–Trinajstić information content (AvgIpc) is 3.09. The van der Waals surface area contributed by atoms with Gasteiger partial charge in [-0.05, 0) is 30.5 Å². The van der Waals surface area contributed by atoms with E-state index in [9.17, 15) is 8.42 Å². The van der Waals surface area contributed by atoms with Crippen molar-refractivity contribution >= 4 is 32.6 Å². The molecule has 1 aliphatic rings. The van der Waals surface area contributed by atoms with E-state index in [-0.39, 0.29) is 0 Å². The monoisotopic (exact) mass is 453 g/mol. The lowest BCUT2D eigenvalue weighted by Gasteiger charge is -2.19. The first-order chi connectivity index (χ1) is 15.1. The minimum absolute atomic E-state index is 0.359. The summed E-state index contributed by atoms with van der Waals surface area (Å²) in [6, 6.07) is 17.3. The molecule has 1 N–H and O–H groups in total. The maximum atomic E-state index is 12.9. The van der Waals surface area contributed by atoms with Crippen LogP contribution in [0.1, 0.15) is 31.2 Å². The molecule has 0 atom stereocenters. The third-order valence-corrected chi connectivity index (χ3v) is 8.05. The Bertz CT molecular complexity index is 1100. The van der Waals surface area contributed by atoms with E-state index in [1.807, 2.05) is 35.7 Å². The van der Waals surface area contributed by atoms with Gasteiger partial charge in [-0.25, -0.2) is 13.4 Å². The Morgan fingerprint density at radius 3 is 2.39 bits per heavy atom. The van der Waals surface area contributed by atoms with Gasteiger partial charge in [-0.1, -0.05) is 67.5 Å². The summed E-state index contributed by atoms with van der Waals surface area (Å²) in [5, 5.41) is 6.14. The van der Waals surface area contributed by atoms with Gasteiger partial charge < -0.3 is 5.32 Å². The maximum Gasteiger partial charge on any atom is 0.243 e. The smallest absolute Gasteiger partial charge is 0.243 e. The van der Waals surface area contributed by atoms with E-state index in [1.54, 1.807) is 27.8 Å². The fraction of sp³-hybridized carbons (Fsp3) is 0.292.